The second kappa shape index (κ2) is 11.8. The van der Waals surface area contributed by atoms with E-state index in [4.69, 9.17) is 14.6 Å². The average Bonchev–Trinajstić information content (AvgIpc) is 3.40. The summed E-state index contributed by atoms with van der Waals surface area (Å²) in [6.07, 6.45) is 4.58. The molecule has 0 spiro atoms. The molecule has 1 fully saturated rings. The van der Waals surface area contributed by atoms with Crippen LogP contribution in [-0.4, -0.2) is 23.2 Å². The number of nitrogens with zero attached hydrogens (tertiary/aromatic N) is 2. The summed E-state index contributed by atoms with van der Waals surface area (Å²) in [5.41, 5.74) is 3.54. The van der Waals surface area contributed by atoms with Gasteiger partial charge in [-0.05, 0) is 103 Å². The fraction of sp³-hybridized carbons (Fsp3) is 0.176. The van der Waals surface area contributed by atoms with Crippen molar-refractivity contribution >= 4 is 17.7 Å². The number of hydrogen-bond acceptors (Lipinski definition) is 4. The lowest BCUT2D eigenvalue weighted by molar-refractivity contribution is -0.135. The van der Waals surface area contributed by atoms with E-state index in [1.165, 1.54) is 29.3 Å². The van der Waals surface area contributed by atoms with Crippen LogP contribution in [0.5, 0.6) is 17.2 Å². The lowest BCUT2D eigenvalue weighted by atomic mass is 9.77. The Bertz CT molecular complexity index is 1570. The maximum Gasteiger partial charge on any atom is 0.281 e. The van der Waals surface area contributed by atoms with E-state index in [0.29, 0.717) is 11.5 Å². The van der Waals surface area contributed by atoms with Gasteiger partial charge in [0, 0.05) is 5.92 Å². The Morgan fingerprint density at radius 1 is 0.829 bits per heavy atom. The van der Waals surface area contributed by atoms with Gasteiger partial charge in [-0.15, -0.1) is 0 Å². The number of benzene rings is 4. The molecule has 5 nitrogen and oxygen atoms in total. The number of carbonyl (C=O) groups excluding carboxylic acids is 1. The topological polar surface area (TPSA) is 51.1 Å². The average molecular weight is 551 g/mol. The van der Waals surface area contributed by atoms with E-state index >= 15 is 0 Å². The minimum atomic E-state index is -0.375. The molecule has 1 aliphatic carbocycles. The third kappa shape index (κ3) is 6.04. The van der Waals surface area contributed by atoms with Crippen molar-refractivity contribution in [3.05, 3.63) is 131 Å². The number of hydrazone groups is 1. The first kappa shape index (κ1) is 26.4. The first-order valence-electron chi connectivity index (χ1n) is 13.6. The summed E-state index contributed by atoms with van der Waals surface area (Å²) in [7, 11) is 0. The molecule has 41 heavy (non-hydrogen) atoms. The minimum absolute atomic E-state index is 0.0423. The maximum absolute atomic E-state index is 13.8. The summed E-state index contributed by atoms with van der Waals surface area (Å²) in [6, 6.07) is 28.7. The minimum Gasteiger partial charge on any atom is -0.484 e. The van der Waals surface area contributed by atoms with Crippen LogP contribution < -0.4 is 9.47 Å². The van der Waals surface area contributed by atoms with Crippen LogP contribution >= 0.6 is 0 Å². The van der Waals surface area contributed by atoms with Gasteiger partial charge >= 0.3 is 0 Å². The van der Waals surface area contributed by atoms with Gasteiger partial charge in [-0.25, -0.2) is 13.8 Å². The van der Waals surface area contributed by atoms with Crippen LogP contribution in [0.15, 0.2) is 114 Å². The molecule has 0 N–H and O–H groups in total. The predicted molar refractivity (Wildman–Crippen MR) is 154 cm³/mol. The van der Waals surface area contributed by atoms with Crippen molar-refractivity contribution in [3.63, 3.8) is 0 Å². The molecular formula is C34H28F2N2O3. The van der Waals surface area contributed by atoms with Crippen LogP contribution in [0.3, 0.4) is 0 Å². The highest BCUT2D eigenvalue weighted by Gasteiger charge is 2.43. The van der Waals surface area contributed by atoms with Crippen LogP contribution in [0.4, 0.5) is 8.78 Å². The summed E-state index contributed by atoms with van der Waals surface area (Å²) < 4.78 is 38.9. The maximum atomic E-state index is 13.8. The fourth-order valence-electron chi connectivity index (χ4n) is 5.40. The Morgan fingerprint density at radius 2 is 1.46 bits per heavy atom. The number of allylic oxidation sites excluding steroid dienone is 1. The summed E-state index contributed by atoms with van der Waals surface area (Å²) in [4.78, 5) is 13.6. The molecule has 1 amide bonds. The number of ether oxygens (including phenoxy) is 2. The second-order valence-corrected chi connectivity index (χ2v) is 10.1. The van der Waals surface area contributed by atoms with Crippen LogP contribution in [-0.2, 0) is 4.79 Å². The lowest BCUT2D eigenvalue weighted by Crippen LogP contribution is -2.34. The quantitative estimate of drug-likeness (QED) is 0.235. The molecule has 1 heterocycles. The Kier molecular flexibility index (Phi) is 7.58. The number of halogens is 2. The standard InChI is InChI=1S/C34H28F2N2O3/c35-26-13-9-23(10-14-26)21-25-5-4-8-31-33(25)37-38(34(31)24-11-15-27(36)16-12-24)32(39)22-40-28-17-19-30(20-18-28)41-29-6-2-1-3-7-29/h1-3,6-7,9-21,31,34H,4-5,8,22H2/b25-21-. The Labute approximate surface area is 237 Å². The van der Waals surface area contributed by atoms with Crippen molar-refractivity contribution in [1.82, 2.24) is 5.01 Å². The zero-order valence-corrected chi connectivity index (χ0v) is 22.3. The van der Waals surface area contributed by atoms with Crippen molar-refractivity contribution < 1.29 is 23.0 Å². The summed E-state index contributed by atoms with van der Waals surface area (Å²) in [6.45, 7) is -0.211. The highest BCUT2D eigenvalue weighted by Crippen LogP contribution is 2.44. The van der Waals surface area contributed by atoms with Crippen LogP contribution in [0, 0.1) is 17.6 Å². The van der Waals surface area contributed by atoms with E-state index in [0.717, 1.165) is 47.4 Å². The molecule has 1 aliphatic heterocycles. The van der Waals surface area contributed by atoms with Crippen molar-refractivity contribution in [2.45, 2.75) is 25.3 Å². The molecule has 0 saturated heterocycles. The molecule has 206 valence electrons. The highest BCUT2D eigenvalue weighted by molar-refractivity contribution is 6.08. The SMILES string of the molecule is O=C(COc1ccc(Oc2ccccc2)cc1)N1N=C2/C(=C\c3ccc(F)cc3)CCCC2C1c1ccc(F)cc1. The first-order valence-corrected chi connectivity index (χ1v) is 13.6. The van der Waals surface area contributed by atoms with E-state index in [2.05, 4.69) is 0 Å². The smallest absolute Gasteiger partial charge is 0.281 e. The number of fused-ring (bicyclic) bond motifs is 1. The van der Waals surface area contributed by atoms with E-state index in [-0.39, 0.29) is 36.1 Å². The van der Waals surface area contributed by atoms with Gasteiger partial charge in [0.25, 0.3) is 5.91 Å². The van der Waals surface area contributed by atoms with Crippen molar-refractivity contribution in [2.75, 3.05) is 6.61 Å². The molecule has 1 saturated carbocycles. The van der Waals surface area contributed by atoms with Gasteiger partial charge in [-0.2, -0.15) is 5.10 Å². The zero-order chi connectivity index (χ0) is 28.2. The van der Waals surface area contributed by atoms with Gasteiger partial charge in [0.15, 0.2) is 6.61 Å². The predicted octanol–water partition coefficient (Wildman–Crippen LogP) is 7.96. The third-order valence-corrected chi connectivity index (χ3v) is 7.34. The molecule has 0 radical (unpaired) electrons. The first-order chi connectivity index (χ1) is 20.0. The van der Waals surface area contributed by atoms with Crippen LogP contribution in [0.25, 0.3) is 6.08 Å². The second-order valence-electron chi connectivity index (χ2n) is 10.1. The third-order valence-electron chi connectivity index (χ3n) is 7.34. The molecule has 2 unspecified atom stereocenters. The molecule has 0 bridgehead atoms. The summed E-state index contributed by atoms with van der Waals surface area (Å²) in [5, 5.41) is 6.31. The zero-order valence-electron chi connectivity index (χ0n) is 22.3. The molecule has 2 atom stereocenters. The number of carbonyl (C=O) groups is 1. The van der Waals surface area contributed by atoms with Crippen molar-refractivity contribution in [2.24, 2.45) is 11.0 Å². The molecular weight excluding hydrogens is 522 g/mol. The Balaban J connectivity index is 1.22. The van der Waals surface area contributed by atoms with E-state index < -0.39 is 0 Å². The van der Waals surface area contributed by atoms with Gasteiger partial charge in [0.1, 0.15) is 28.9 Å². The molecule has 0 aromatic heterocycles. The Morgan fingerprint density at radius 3 is 2.17 bits per heavy atom. The van der Waals surface area contributed by atoms with Crippen LogP contribution in [0.1, 0.15) is 36.4 Å². The monoisotopic (exact) mass is 550 g/mol. The largest absolute Gasteiger partial charge is 0.484 e. The van der Waals surface area contributed by atoms with Gasteiger partial charge in [-0.1, -0.05) is 42.5 Å². The molecule has 6 rings (SSSR count). The number of para-hydroxylation sites is 1. The van der Waals surface area contributed by atoms with Gasteiger partial charge in [0.05, 0.1) is 11.8 Å². The summed E-state index contributed by atoms with van der Waals surface area (Å²) in [5.74, 6) is 0.935. The molecule has 7 heteroatoms. The summed E-state index contributed by atoms with van der Waals surface area (Å²) >= 11 is 0. The number of hydrogen-bond donors (Lipinski definition) is 0. The van der Waals surface area contributed by atoms with Gasteiger partial charge < -0.3 is 9.47 Å². The van der Waals surface area contributed by atoms with Crippen molar-refractivity contribution in [1.29, 1.82) is 0 Å². The highest BCUT2D eigenvalue weighted by atomic mass is 19.1. The molecule has 4 aromatic rings. The van der Waals surface area contributed by atoms with E-state index in [1.807, 2.05) is 36.4 Å². The van der Waals surface area contributed by atoms with E-state index in [9.17, 15) is 13.6 Å². The molecule has 4 aromatic carbocycles. The lowest BCUT2D eigenvalue weighted by Gasteiger charge is -2.29. The number of rotatable bonds is 7. The van der Waals surface area contributed by atoms with Gasteiger partial charge in [0.2, 0.25) is 0 Å². The molecule has 2 aliphatic rings. The van der Waals surface area contributed by atoms with Crippen molar-refractivity contribution in [3.8, 4) is 17.2 Å². The van der Waals surface area contributed by atoms with Crippen LogP contribution in [0.2, 0.25) is 0 Å². The number of amides is 1. The fourth-order valence-corrected chi connectivity index (χ4v) is 5.40. The van der Waals surface area contributed by atoms with Gasteiger partial charge in [-0.3, -0.25) is 4.79 Å². The normalized spacial score (nSPS) is 19.0. The Hall–Kier alpha value is -4.78. The van der Waals surface area contributed by atoms with E-state index in [1.54, 1.807) is 48.5 Å².